The van der Waals surface area contributed by atoms with Crippen molar-refractivity contribution in [2.45, 2.75) is 30.6 Å². The van der Waals surface area contributed by atoms with Crippen LogP contribution in [0, 0.1) is 0 Å². The van der Waals surface area contributed by atoms with Gasteiger partial charge in [-0.1, -0.05) is 6.07 Å². The lowest BCUT2D eigenvalue weighted by Gasteiger charge is -2.20. The minimum atomic E-state index is -3.84. The van der Waals surface area contributed by atoms with Crippen molar-refractivity contribution in [3.05, 3.63) is 64.7 Å². The molecule has 1 aliphatic rings. The topological polar surface area (TPSA) is 88.6 Å². The summed E-state index contributed by atoms with van der Waals surface area (Å²) in [6, 6.07) is 12.7. The number of anilines is 2. The van der Waals surface area contributed by atoms with E-state index in [0.717, 1.165) is 31.4 Å². The van der Waals surface area contributed by atoms with Gasteiger partial charge in [0.15, 0.2) is 5.13 Å². The monoisotopic (exact) mass is 457 g/mol. The Hall–Kier alpha value is -2.91. The summed E-state index contributed by atoms with van der Waals surface area (Å²) >= 11 is 1.49. The molecule has 4 rings (SSSR count). The lowest BCUT2D eigenvalue weighted by atomic mass is 10.0. The number of nitrogens with one attached hydrogen (secondary N) is 1. The van der Waals surface area contributed by atoms with Gasteiger partial charge in [0.1, 0.15) is 5.75 Å². The summed E-state index contributed by atoms with van der Waals surface area (Å²) in [5.74, 6) is 0.257. The van der Waals surface area contributed by atoms with Gasteiger partial charge in [-0.15, -0.1) is 11.3 Å². The minimum Gasteiger partial charge on any atom is -0.497 e. The zero-order valence-corrected chi connectivity index (χ0v) is 18.9. The predicted octanol–water partition coefficient (Wildman–Crippen LogP) is 4.11. The van der Waals surface area contributed by atoms with Gasteiger partial charge >= 0.3 is 0 Å². The summed E-state index contributed by atoms with van der Waals surface area (Å²) in [5, 5.41) is 3.37. The van der Waals surface area contributed by atoms with Crippen molar-refractivity contribution >= 4 is 38.1 Å². The second-order valence-electron chi connectivity index (χ2n) is 7.25. The first-order chi connectivity index (χ1) is 14.9. The number of carbonyl (C=O) groups is 1. The van der Waals surface area contributed by atoms with Gasteiger partial charge < -0.3 is 4.74 Å². The van der Waals surface area contributed by atoms with Crippen LogP contribution in [-0.4, -0.2) is 33.5 Å². The largest absolute Gasteiger partial charge is 0.497 e. The van der Waals surface area contributed by atoms with Gasteiger partial charge in [-0.25, -0.2) is 13.4 Å². The molecule has 0 spiro atoms. The van der Waals surface area contributed by atoms with Gasteiger partial charge in [-0.2, -0.15) is 0 Å². The highest BCUT2D eigenvalue weighted by Gasteiger charge is 2.23. The molecule has 0 atom stereocenters. The molecule has 3 aromatic rings. The second-order valence-corrected chi connectivity index (χ2v) is 10.3. The molecular weight excluding hydrogens is 434 g/mol. The number of hydrogen-bond acceptors (Lipinski definition) is 6. The maximum atomic E-state index is 13.1. The number of rotatable bonds is 6. The predicted molar refractivity (Wildman–Crippen MR) is 122 cm³/mol. The Balaban J connectivity index is 1.54. The molecule has 1 aromatic heterocycles. The Bertz CT molecular complexity index is 1180. The summed E-state index contributed by atoms with van der Waals surface area (Å²) < 4.78 is 32.5. The van der Waals surface area contributed by atoms with Crippen LogP contribution in [-0.2, 0) is 22.9 Å². The first-order valence-corrected chi connectivity index (χ1v) is 12.2. The van der Waals surface area contributed by atoms with Gasteiger partial charge in [-0.05, 0) is 68.1 Å². The van der Waals surface area contributed by atoms with E-state index >= 15 is 0 Å². The number of aromatic nitrogens is 1. The number of hydrogen-bond donors (Lipinski definition) is 1. The summed E-state index contributed by atoms with van der Waals surface area (Å²) in [6.45, 7) is 0. The highest BCUT2D eigenvalue weighted by atomic mass is 32.2. The molecule has 1 N–H and O–H groups in total. The number of carbonyl (C=O) groups excluding carboxylic acids is 1. The molecule has 31 heavy (non-hydrogen) atoms. The Kier molecular flexibility index (Phi) is 5.97. The normalized spacial score (nSPS) is 13.4. The van der Waals surface area contributed by atoms with Gasteiger partial charge in [0.05, 0.1) is 23.4 Å². The van der Waals surface area contributed by atoms with E-state index in [1.54, 1.807) is 43.5 Å². The fraction of sp³-hybridized carbons (Fsp3) is 0.273. The van der Waals surface area contributed by atoms with E-state index in [-0.39, 0.29) is 16.4 Å². The molecule has 1 aliphatic carbocycles. The number of benzene rings is 2. The number of sulfonamides is 1. The van der Waals surface area contributed by atoms with Crippen LogP contribution in [0.3, 0.4) is 0 Å². The third-order valence-electron chi connectivity index (χ3n) is 5.26. The standard InChI is InChI=1S/C22H23N3O4S2/c1-25(16-10-12-17(29-2)13-11-16)31(27,28)18-7-5-6-15(14-18)21(26)24-22-23-19-8-3-4-9-20(19)30-22/h5-7,10-14H,3-4,8-9H2,1-2H3,(H,23,24,26). The van der Waals surface area contributed by atoms with Crippen LogP contribution in [0.4, 0.5) is 10.8 Å². The van der Waals surface area contributed by atoms with Gasteiger partial charge in [0.25, 0.3) is 15.9 Å². The van der Waals surface area contributed by atoms with Crippen molar-refractivity contribution in [1.29, 1.82) is 0 Å². The van der Waals surface area contributed by atoms with Crippen molar-refractivity contribution in [1.82, 2.24) is 4.98 Å². The van der Waals surface area contributed by atoms with Crippen LogP contribution in [0.1, 0.15) is 33.8 Å². The third-order valence-corrected chi connectivity index (χ3v) is 8.11. The van der Waals surface area contributed by atoms with Crippen molar-refractivity contribution in [3.63, 3.8) is 0 Å². The summed E-state index contributed by atoms with van der Waals surface area (Å²) in [7, 11) is -0.819. The molecule has 1 heterocycles. The molecule has 162 valence electrons. The highest BCUT2D eigenvalue weighted by Crippen LogP contribution is 2.30. The van der Waals surface area contributed by atoms with E-state index in [9.17, 15) is 13.2 Å². The fourth-order valence-corrected chi connectivity index (χ4v) is 5.75. The maximum absolute atomic E-state index is 13.1. The molecule has 0 aliphatic heterocycles. The molecule has 1 amide bonds. The number of methoxy groups -OCH3 is 1. The van der Waals surface area contributed by atoms with E-state index in [4.69, 9.17) is 4.74 Å². The highest BCUT2D eigenvalue weighted by molar-refractivity contribution is 7.92. The zero-order valence-electron chi connectivity index (χ0n) is 17.3. The van der Waals surface area contributed by atoms with E-state index in [1.807, 2.05) is 0 Å². The van der Waals surface area contributed by atoms with Crippen molar-refractivity contribution in [2.75, 3.05) is 23.8 Å². The number of amides is 1. The smallest absolute Gasteiger partial charge is 0.264 e. The molecule has 2 aromatic carbocycles. The molecule has 0 fully saturated rings. The molecule has 0 bridgehead atoms. The van der Waals surface area contributed by atoms with Gasteiger partial charge in [0.2, 0.25) is 0 Å². The van der Waals surface area contributed by atoms with E-state index in [1.165, 1.54) is 39.7 Å². The second kappa shape index (κ2) is 8.68. The maximum Gasteiger partial charge on any atom is 0.264 e. The molecule has 7 nitrogen and oxygen atoms in total. The van der Waals surface area contributed by atoms with Crippen molar-refractivity contribution in [3.8, 4) is 5.75 Å². The van der Waals surface area contributed by atoms with Crippen molar-refractivity contribution < 1.29 is 17.9 Å². The van der Waals surface area contributed by atoms with Gasteiger partial charge in [-0.3, -0.25) is 14.4 Å². The van der Waals surface area contributed by atoms with Crippen molar-refractivity contribution in [2.24, 2.45) is 0 Å². The molecule has 0 saturated carbocycles. The summed E-state index contributed by atoms with van der Waals surface area (Å²) in [4.78, 5) is 18.5. The zero-order chi connectivity index (χ0) is 22.0. The van der Waals surface area contributed by atoms with E-state index in [2.05, 4.69) is 10.3 Å². The Morgan fingerprint density at radius 1 is 1.13 bits per heavy atom. The lowest BCUT2D eigenvalue weighted by molar-refractivity contribution is 0.102. The summed E-state index contributed by atoms with van der Waals surface area (Å²) in [6.07, 6.45) is 4.19. The van der Waals surface area contributed by atoms with Crippen LogP contribution < -0.4 is 14.4 Å². The average molecular weight is 458 g/mol. The molecule has 0 saturated heterocycles. The van der Waals surface area contributed by atoms with E-state index in [0.29, 0.717) is 16.6 Å². The number of fused-ring (bicyclic) bond motifs is 1. The SMILES string of the molecule is COc1ccc(N(C)S(=O)(=O)c2cccc(C(=O)Nc3nc4c(s3)CCCC4)c2)cc1. The van der Waals surface area contributed by atoms with Crippen LogP contribution >= 0.6 is 11.3 Å². The minimum absolute atomic E-state index is 0.0388. The Labute approximate surface area is 185 Å². The number of aryl methyl sites for hydroxylation is 2. The first-order valence-electron chi connectivity index (χ1n) is 9.91. The quantitative estimate of drug-likeness (QED) is 0.602. The Morgan fingerprint density at radius 3 is 2.58 bits per heavy atom. The molecule has 0 unspecified atom stereocenters. The van der Waals surface area contributed by atoms with Crippen LogP contribution in [0.5, 0.6) is 5.75 Å². The molecular formula is C22H23N3O4S2. The van der Waals surface area contributed by atoms with Crippen LogP contribution in [0.2, 0.25) is 0 Å². The number of thiazole rings is 1. The molecule has 9 heteroatoms. The number of ether oxygens (including phenoxy) is 1. The van der Waals surface area contributed by atoms with E-state index < -0.39 is 10.0 Å². The fourth-order valence-electron chi connectivity index (χ4n) is 3.46. The first kappa shape index (κ1) is 21.3. The third kappa shape index (κ3) is 4.42. The molecule has 0 radical (unpaired) electrons. The summed E-state index contributed by atoms with van der Waals surface area (Å²) in [5.41, 5.74) is 1.81. The Morgan fingerprint density at radius 2 is 1.87 bits per heavy atom. The average Bonchev–Trinajstić information content (AvgIpc) is 3.21. The van der Waals surface area contributed by atoms with Crippen LogP contribution in [0.25, 0.3) is 0 Å². The van der Waals surface area contributed by atoms with Gasteiger partial charge in [0, 0.05) is 17.5 Å². The van der Waals surface area contributed by atoms with Crippen LogP contribution in [0.15, 0.2) is 53.4 Å². The lowest BCUT2D eigenvalue weighted by Crippen LogP contribution is -2.26. The number of nitrogens with zero attached hydrogens (tertiary/aromatic N) is 2.